The highest BCUT2D eigenvalue weighted by Crippen LogP contribution is 2.28. The largest absolute Gasteiger partial charge is 0.507 e. The lowest BCUT2D eigenvalue weighted by molar-refractivity contribution is -0.121. The molecule has 34 heavy (non-hydrogen) atoms. The number of aryl methyl sites for hydroxylation is 3. The van der Waals surface area contributed by atoms with E-state index in [1.54, 1.807) is 36.4 Å². The van der Waals surface area contributed by atoms with E-state index in [1.165, 1.54) is 4.31 Å². The number of amides is 2. The van der Waals surface area contributed by atoms with Gasteiger partial charge in [-0.3, -0.25) is 20.4 Å². The lowest BCUT2D eigenvalue weighted by Gasteiger charge is -2.26. The van der Waals surface area contributed by atoms with Gasteiger partial charge in [-0.25, -0.2) is 8.42 Å². The summed E-state index contributed by atoms with van der Waals surface area (Å²) in [6.45, 7) is 1.43. The molecule has 0 spiro atoms. The van der Waals surface area contributed by atoms with Crippen LogP contribution in [0.1, 0.15) is 46.3 Å². The van der Waals surface area contributed by atoms with Crippen LogP contribution in [0.15, 0.2) is 41.3 Å². The van der Waals surface area contributed by atoms with Crippen LogP contribution < -0.4 is 10.9 Å². The first-order valence-corrected chi connectivity index (χ1v) is 12.9. The third-order valence-electron chi connectivity index (χ3n) is 6.19. The van der Waals surface area contributed by atoms with E-state index < -0.39 is 21.8 Å². The number of phenolic OH excluding ortho intramolecular Hbond substituents is 1. The molecule has 3 N–H and O–H groups in total. The molecular formula is C24H29N3O6S. The first-order chi connectivity index (χ1) is 16.3. The zero-order valence-electron chi connectivity index (χ0n) is 18.9. The fourth-order valence-corrected chi connectivity index (χ4v) is 5.64. The maximum Gasteiger partial charge on any atom is 0.273 e. The Morgan fingerprint density at radius 2 is 1.62 bits per heavy atom. The zero-order valence-corrected chi connectivity index (χ0v) is 19.7. The van der Waals surface area contributed by atoms with Crippen LogP contribution in [0.3, 0.4) is 0 Å². The molecule has 1 fully saturated rings. The van der Waals surface area contributed by atoms with Gasteiger partial charge in [-0.05, 0) is 73.1 Å². The molecule has 1 heterocycles. The molecule has 0 atom stereocenters. The molecule has 2 aromatic carbocycles. The van der Waals surface area contributed by atoms with Crippen molar-refractivity contribution in [2.75, 3.05) is 26.3 Å². The van der Waals surface area contributed by atoms with Gasteiger partial charge in [-0.1, -0.05) is 12.1 Å². The highest BCUT2D eigenvalue weighted by molar-refractivity contribution is 7.89. The van der Waals surface area contributed by atoms with Crippen molar-refractivity contribution in [1.29, 1.82) is 0 Å². The van der Waals surface area contributed by atoms with Crippen molar-refractivity contribution in [1.82, 2.24) is 15.2 Å². The highest BCUT2D eigenvalue weighted by Gasteiger charge is 2.26. The molecule has 9 nitrogen and oxygen atoms in total. The van der Waals surface area contributed by atoms with E-state index in [-0.39, 0.29) is 22.6 Å². The molecule has 1 aliphatic carbocycles. The Morgan fingerprint density at radius 1 is 0.971 bits per heavy atom. The van der Waals surface area contributed by atoms with Crippen LogP contribution in [0.4, 0.5) is 0 Å². The van der Waals surface area contributed by atoms with E-state index in [2.05, 4.69) is 10.9 Å². The lowest BCUT2D eigenvalue weighted by atomic mass is 9.90. The van der Waals surface area contributed by atoms with Gasteiger partial charge in [0, 0.05) is 19.5 Å². The average Bonchev–Trinajstić information content (AvgIpc) is 2.86. The third-order valence-corrected chi connectivity index (χ3v) is 8.11. The standard InChI is InChI=1S/C24H29N3O6S/c28-22-16-19-4-2-1-3-18(19)15-21(22)24(30)26-25-23(29)10-7-17-5-8-20(9-6-17)34(31,32)27-11-13-33-14-12-27/h5-6,8-9,15-16,28H,1-4,7,10-14H2,(H,25,29)(H,26,30). The summed E-state index contributed by atoms with van der Waals surface area (Å²) < 4.78 is 32.0. The number of aromatic hydroxyl groups is 1. The van der Waals surface area contributed by atoms with Crippen LogP contribution in [0.25, 0.3) is 0 Å². The first-order valence-electron chi connectivity index (χ1n) is 11.5. The number of nitrogens with one attached hydrogen (secondary N) is 2. The molecule has 0 unspecified atom stereocenters. The number of phenols is 1. The molecule has 4 rings (SSSR count). The summed E-state index contributed by atoms with van der Waals surface area (Å²) in [5.74, 6) is -1.06. The molecule has 0 saturated carbocycles. The van der Waals surface area contributed by atoms with Gasteiger partial charge in [0.1, 0.15) is 5.75 Å². The lowest BCUT2D eigenvalue weighted by Crippen LogP contribution is -2.41. The average molecular weight is 488 g/mol. The van der Waals surface area contributed by atoms with Crippen molar-refractivity contribution in [3.63, 3.8) is 0 Å². The number of carbonyl (C=O) groups is 2. The minimum absolute atomic E-state index is 0.0977. The Hall–Kier alpha value is -2.95. The number of carbonyl (C=O) groups excluding carboxylic acids is 2. The van der Waals surface area contributed by atoms with Crippen LogP contribution >= 0.6 is 0 Å². The fourth-order valence-electron chi connectivity index (χ4n) is 4.23. The van der Waals surface area contributed by atoms with Crippen molar-refractivity contribution < 1.29 is 27.9 Å². The van der Waals surface area contributed by atoms with Gasteiger partial charge < -0.3 is 9.84 Å². The summed E-state index contributed by atoms with van der Waals surface area (Å²) in [6.07, 6.45) is 4.36. The predicted octanol–water partition coefficient (Wildman–Crippen LogP) is 1.69. The van der Waals surface area contributed by atoms with E-state index in [9.17, 15) is 23.1 Å². The minimum Gasteiger partial charge on any atom is -0.507 e. The number of fused-ring (bicyclic) bond motifs is 1. The number of rotatable bonds is 6. The molecule has 2 amide bonds. The first kappa shape index (κ1) is 24.2. The number of ether oxygens (including phenoxy) is 1. The van der Waals surface area contributed by atoms with E-state index >= 15 is 0 Å². The summed E-state index contributed by atoms with van der Waals surface area (Å²) in [6, 6.07) is 9.78. The predicted molar refractivity (Wildman–Crippen MR) is 125 cm³/mol. The summed E-state index contributed by atoms with van der Waals surface area (Å²) >= 11 is 0. The molecular weight excluding hydrogens is 458 g/mol. The smallest absolute Gasteiger partial charge is 0.273 e. The monoisotopic (exact) mass is 487 g/mol. The van der Waals surface area contributed by atoms with Gasteiger partial charge in [-0.15, -0.1) is 0 Å². The number of hydrogen-bond acceptors (Lipinski definition) is 6. The number of sulfonamides is 1. The molecule has 0 aromatic heterocycles. The van der Waals surface area contributed by atoms with Gasteiger partial charge in [0.25, 0.3) is 5.91 Å². The summed E-state index contributed by atoms with van der Waals surface area (Å²) in [5.41, 5.74) is 7.78. The van der Waals surface area contributed by atoms with E-state index in [1.807, 2.05) is 0 Å². The Balaban J connectivity index is 1.27. The van der Waals surface area contributed by atoms with E-state index in [0.29, 0.717) is 32.7 Å². The van der Waals surface area contributed by atoms with Gasteiger partial charge in [0.2, 0.25) is 15.9 Å². The Bertz CT molecular complexity index is 1160. The van der Waals surface area contributed by atoms with Gasteiger partial charge in [0.15, 0.2) is 0 Å². The molecule has 2 aromatic rings. The quantitative estimate of drug-likeness (QED) is 0.533. The van der Waals surface area contributed by atoms with Crippen molar-refractivity contribution in [3.8, 4) is 5.75 Å². The van der Waals surface area contributed by atoms with Crippen molar-refractivity contribution in [3.05, 3.63) is 58.7 Å². The summed E-state index contributed by atoms with van der Waals surface area (Å²) in [7, 11) is -3.56. The van der Waals surface area contributed by atoms with Crippen LogP contribution in [-0.2, 0) is 38.8 Å². The van der Waals surface area contributed by atoms with Crippen LogP contribution in [0.2, 0.25) is 0 Å². The molecule has 2 aliphatic rings. The Morgan fingerprint density at radius 3 is 2.29 bits per heavy atom. The topological polar surface area (TPSA) is 125 Å². The SMILES string of the molecule is O=C(CCc1ccc(S(=O)(=O)N2CCOCC2)cc1)NNC(=O)c1cc2c(cc1O)CCCC2. The zero-order chi connectivity index (χ0) is 24.1. The fraction of sp³-hybridized carbons (Fsp3) is 0.417. The van der Waals surface area contributed by atoms with Gasteiger partial charge in [-0.2, -0.15) is 4.31 Å². The molecule has 0 radical (unpaired) electrons. The van der Waals surface area contributed by atoms with Gasteiger partial charge >= 0.3 is 0 Å². The highest BCUT2D eigenvalue weighted by atomic mass is 32.2. The maximum absolute atomic E-state index is 12.7. The number of hydrogen-bond donors (Lipinski definition) is 3. The number of benzene rings is 2. The van der Waals surface area contributed by atoms with Crippen molar-refractivity contribution in [2.24, 2.45) is 0 Å². The number of morpholine rings is 1. The van der Waals surface area contributed by atoms with E-state index in [4.69, 9.17) is 4.74 Å². The second-order valence-corrected chi connectivity index (χ2v) is 10.4. The van der Waals surface area contributed by atoms with Crippen molar-refractivity contribution in [2.45, 2.75) is 43.4 Å². The Labute approximate surface area is 199 Å². The summed E-state index contributed by atoms with van der Waals surface area (Å²) in [4.78, 5) is 24.8. The second kappa shape index (κ2) is 10.5. The maximum atomic E-state index is 12.7. The number of nitrogens with zero attached hydrogens (tertiary/aromatic N) is 1. The Kier molecular flexibility index (Phi) is 7.50. The molecule has 182 valence electrons. The van der Waals surface area contributed by atoms with Crippen LogP contribution in [-0.4, -0.2) is 55.9 Å². The van der Waals surface area contributed by atoms with Crippen LogP contribution in [0, 0.1) is 0 Å². The van der Waals surface area contributed by atoms with Crippen LogP contribution in [0.5, 0.6) is 5.75 Å². The minimum atomic E-state index is -3.56. The molecule has 0 bridgehead atoms. The van der Waals surface area contributed by atoms with Gasteiger partial charge in [0.05, 0.1) is 23.7 Å². The third kappa shape index (κ3) is 5.57. The second-order valence-electron chi connectivity index (χ2n) is 8.51. The van der Waals surface area contributed by atoms with Crippen molar-refractivity contribution >= 4 is 21.8 Å². The summed E-state index contributed by atoms with van der Waals surface area (Å²) in [5, 5.41) is 10.2. The van der Waals surface area contributed by atoms with E-state index in [0.717, 1.165) is 42.4 Å². The normalized spacial score (nSPS) is 16.5. The number of hydrazine groups is 1. The molecule has 1 saturated heterocycles. The molecule has 10 heteroatoms. The molecule has 1 aliphatic heterocycles.